The third-order valence-corrected chi connectivity index (χ3v) is 13.6. The molecule has 0 amide bonds. The molecule has 8 nitrogen and oxygen atoms in total. The lowest BCUT2D eigenvalue weighted by atomic mass is 10.0. The van der Waals surface area contributed by atoms with E-state index in [1.807, 2.05) is 0 Å². The van der Waals surface area contributed by atoms with Crippen LogP contribution >= 0.6 is 7.82 Å². The zero-order valence-electron chi connectivity index (χ0n) is 43.2. The van der Waals surface area contributed by atoms with Gasteiger partial charge in [0.25, 0.3) is 0 Å². The summed E-state index contributed by atoms with van der Waals surface area (Å²) >= 11 is 0. The number of phosphoric acid groups is 1. The van der Waals surface area contributed by atoms with Crippen molar-refractivity contribution in [3.63, 3.8) is 0 Å². The van der Waals surface area contributed by atoms with Gasteiger partial charge < -0.3 is 14.4 Å². The van der Waals surface area contributed by atoms with Crippen molar-refractivity contribution in [3.8, 4) is 0 Å². The van der Waals surface area contributed by atoms with Crippen molar-refractivity contribution in [2.75, 3.05) is 20.3 Å². The summed E-state index contributed by atoms with van der Waals surface area (Å²) in [7, 11) is -3.20. The first kappa shape index (κ1) is 63.5. The maximum Gasteiger partial charge on any atom is 0.472 e. The molecule has 0 aromatic rings. The van der Waals surface area contributed by atoms with E-state index in [1.165, 1.54) is 225 Å². The highest BCUT2D eigenvalue weighted by atomic mass is 31.2. The van der Waals surface area contributed by atoms with Gasteiger partial charge in [-0.05, 0) is 44.9 Å². The van der Waals surface area contributed by atoms with Gasteiger partial charge in [-0.15, -0.1) is 0 Å². The molecule has 0 saturated carbocycles. The van der Waals surface area contributed by atoms with Crippen LogP contribution in [-0.4, -0.2) is 43.3 Å². The summed E-state index contributed by atoms with van der Waals surface area (Å²) < 4.78 is 32.2. The summed E-state index contributed by atoms with van der Waals surface area (Å²) in [6.45, 7) is 3.94. The topological polar surface area (TPSA) is 108 Å². The van der Waals surface area contributed by atoms with Crippen LogP contribution in [0.1, 0.15) is 296 Å². The molecule has 0 fully saturated rings. The van der Waals surface area contributed by atoms with Crippen molar-refractivity contribution in [1.82, 2.24) is 0 Å². The molecule has 0 spiro atoms. The zero-order valence-corrected chi connectivity index (χ0v) is 44.1. The lowest BCUT2D eigenvalue weighted by Crippen LogP contribution is -2.29. The molecule has 0 bridgehead atoms. The molecule has 0 saturated heterocycles. The van der Waals surface area contributed by atoms with Crippen molar-refractivity contribution in [2.45, 2.75) is 302 Å². The number of allylic oxidation sites excluding steroid dienone is 4. The predicted molar refractivity (Wildman–Crippen MR) is 276 cm³/mol. The van der Waals surface area contributed by atoms with Crippen molar-refractivity contribution < 1.29 is 37.6 Å². The number of ether oxygens (including phenoxy) is 2. The number of hydrogen-bond donors (Lipinski definition) is 1. The van der Waals surface area contributed by atoms with E-state index >= 15 is 0 Å². The first-order valence-corrected chi connectivity index (χ1v) is 29.5. The Morgan fingerprint density at radius 1 is 0.431 bits per heavy atom. The summed E-state index contributed by atoms with van der Waals surface area (Å²) in [6, 6.07) is 0. The molecule has 1 N–H and O–H groups in total. The number of rotatable bonds is 53. The van der Waals surface area contributed by atoms with Gasteiger partial charge in [0.05, 0.1) is 6.61 Å². The molecular weight excluding hydrogens is 832 g/mol. The van der Waals surface area contributed by atoms with Crippen LogP contribution < -0.4 is 0 Å². The zero-order chi connectivity index (χ0) is 47.4. The Labute approximate surface area is 403 Å². The van der Waals surface area contributed by atoms with E-state index in [2.05, 4.69) is 42.7 Å². The lowest BCUT2D eigenvalue weighted by molar-refractivity contribution is -0.161. The second-order valence-corrected chi connectivity index (χ2v) is 20.6. The number of unbranched alkanes of at least 4 members (excludes halogenated alkanes) is 38. The van der Waals surface area contributed by atoms with E-state index in [9.17, 15) is 19.0 Å². The second-order valence-electron chi connectivity index (χ2n) is 19.1. The average Bonchev–Trinajstić information content (AvgIpc) is 3.30. The number of phosphoric ester groups is 1. The molecule has 9 heteroatoms. The molecule has 0 aliphatic rings. The Morgan fingerprint density at radius 3 is 1.08 bits per heavy atom. The second kappa shape index (κ2) is 51.9. The molecule has 0 radical (unpaired) electrons. The van der Waals surface area contributed by atoms with E-state index in [-0.39, 0.29) is 19.0 Å². The molecule has 0 heterocycles. The molecule has 0 aromatic heterocycles. The van der Waals surface area contributed by atoms with Crippen LogP contribution in [0.15, 0.2) is 24.3 Å². The van der Waals surface area contributed by atoms with Crippen molar-refractivity contribution in [1.29, 1.82) is 0 Å². The minimum absolute atomic E-state index is 0.220. The highest BCUT2D eigenvalue weighted by Crippen LogP contribution is 2.42. The molecule has 2 atom stereocenters. The molecule has 0 rings (SSSR count). The largest absolute Gasteiger partial charge is 0.472 e. The van der Waals surface area contributed by atoms with Gasteiger partial charge in [0, 0.05) is 20.0 Å². The Balaban J connectivity index is 3.82. The number of esters is 2. The van der Waals surface area contributed by atoms with Crippen LogP contribution in [0.2, 0.25) is 0 Å². The van der Waals surface area contributed by atoms with E-state index in [0.717, 1.165) is 45.6 Å². The highest BCUT2D eigenvalue weighted by Gasteiger charge is 2.24. The molecular formula is C56H107O8P. The predicted octanol–water partition coefficient (Wildman–Crippen LogP) is 18.5. The van der Waals surface area contributed by atoms with Crippen LogP contribution in [0, 0.1) is 0 Å². The number of hydrogen-bond acceptors (Lipinski definition) is 7. The van der Waals surface area contributed by atoms with Crippen LogP contribution in [0.3, 0.4) is 0 Å². The van der Waals surface area contributed by atoms with Crippen molar-refractivity contribution >= 4 is 19.8 Å². The van der Waals surface area contributed by atoms with Gasteiger partial charge in [-0.3, -0.25) is 18.6 Å². The van der Waals surface area contributed by atoms with Crippen LogP contribution in [-0.2, 0) is 32.7 Å². The molecule has 0 aliphatic carbocycles. The minimum atomic E-state index is -4.27. The Kier molecular flexibility index (Phi) is 50.7. The summed E-state index contributed by atoms with van der Waals surface area (Å²) in [4.78, 5) is 34.7. The fraction of sp³-hybridized carbons (Fsp3) is 0.893. The third kappa shape index (κ3) is 51.8. The fourth-order valence-electron chi connectivity index (χ4n) is 8.40. The summed E-state index contributed by atoms with van der Waals surface area (Å²) in [5.41, 5.74) is 0. The van der Waals surface area contributed by atoms with E-state index in [0.29, 0.717) is 12.8 Å². The third-order valence-electron chi connectivity index (χ3n) is 12.7. The SMILES string of the molecule is CCCCCCC/C=C\C/C=C\CCCCCCCCCCCCCC(=O)OC(COC(=O)CCCCCCCCCCCCCCCCCCCCCCCCC)COP(=O)(O)OC. The van der Waals surface area contributed by atoms with E-state index in [4.69, 9.17) is 14.0 Å². The first-order valence-electron chi connectivity index (χ1n) is 28.0. The molecule has 0 aromatic carbocycles. The number of carbonyl (C=O) groups is 2. The maximum absolute atomic E-state index is 12.6. The molecule has 0 aliphatic heterocycles. The lowest BCUT2D eigenvalue weighted by Gasteiger charge is -2.19. The van der Waals surface area contributed by atoms with Crippen LogP contribution in [0.4, 0.5) is 0 Å². The van der Waals surface area contributed by atoms with Crippen LogP contribution in [0.25, 0.3) is 0 Å². The van der Waals surface area contributed by atoms with Gasteiger partial charge in [0.15, 0.2) is 6.10 Å². The highest BCUT2D eigenvalue weighted by molar-refractivity contribution is 7.47. The van der Waals surface area contributed by atoms with Crippen molar-refractivity contribution in [2.24, 2.45) is 0 Å². The monoisotopic (exact) mass is 939 g/mol. The van der Waals surface area contributed by atoms with E-state index < -0.39 is 26.5 Å². The van der Waals surface area contributed by atoms with Gasteiger partial charge >= 0.3 is 19.8 Å². The summed E-state index contributed by atoms with van der Waals surface area (Å²) in [6.07, 6.45) is 62.5. The molecule has 384 valence electrons. The Hall–Kier alpha value is -1.47. The van der Waals surface area contributed by atoms with Gasteiger partial charge in [0.2, 0.25) is 0 Å². The molecule has 2 unspecified atom stereocenters. The van der Waals surface area contributed by atoms with Gasteiger partial charge in [-0.1, -0.05) is 263 Å². The van der Waals surface area contributed by atoms with Gasteiger partial charge in [0.1, 0.15) is 6.61 Å². The fourth-order valence-corrected chi connectivity index (χ4v) is 8.86. The standard InChI is InChI=1S/C56H107O8P/c1-4-6-8-10-12-14-16-18-20-22-24-26-28-30-32-34-36-38-40-42-44-46-48-50-55(57)62-52-54(53-63-65(59,60)61-3)64-56(58)51-49-47-45-43-41-39-37-35-33-31-29-27-25-23-21-19-17-15-13-11-9-7-5-2/h17,19,23,25,54H,4-16,18,20-22,24,26-53H2,1-3H3,(H,59,60)/b19-17-,25-23-. The van der Waals surface area contributed by atoms with E-state index in [1.54, 1.807) is 0 Å². The van der Waals surface area contributed by atoms with Gasteiger partial charge in [-0.25, -0.2) is 4.57 Å². The minimum Gasteiger partial charge on any atom is -0.462 e. The Morgan fingerprint density at radius 2 is 0.738 bits per heavy atom. The smallest absolute Gasteiger partial charge is 0.462 e. The average molecular weight is 939 g/mol. The normalized spacial score (nSPS) is 13.2. The molecule has 65 heavy (non-hydrogen) atoms. The summed E-state index contributed by atoms with van der Waals surface area (Å²) in [5, 5.41) is 0. The quantitative estimate of drug-likeness (QED) is 0.0278. The first-order chi connectivity index (χ1) is 31.8. The van der Waals surface area contributed by atoms with Crippen molar-refractivity contribution in [3.05, 3.63) is 24.3 Å². The van der Waals surface area contributed by atoms with Crippen LogP contribution in [0.5, 0.6) is 0 Å². The summed E-state index contributed by atoms with van der Waals surface area (Å²) in [5.74, 6) is -0.788. The maximum atomic E-state index is 12.6. The Bertz CT molecular complexity index is 1110. The number of carbonyl (C=O) groups excluding carboxylic acids is 2. The van der Waals surface area contributed by atoms with Gasteiger partial charge in [-0.2, -0.15) is 0 Å².